The zero-order valence-electron chi connectivity index (χ0n) is 13.5. The molecule has 3 N–H and O–H groups in total. The third-order valence-electron chi connectivity index (χ3n) is 4.07. The molecule has 0 spiro atoms. The summed E-state index contributed by atoms with van der Waals surface area (Å²) in [6.07, 6.45) is 0.0939. The largest absolute Gasteiger partial charge is 0.392 e. The number of hydrogen-bond acceptors (Lipinski definition) is 5. The monoisotopic (exact) mass is 383 g/mol. The third-order valence-corrected chi connectivity index (χ3v) is 4.78. The lowest BCUT2D eigenvalue weighted by atomic mass is 10.1. The summed E-state index contributed by atoms with van der Waals surface area (Å²) < 4.78 is 0. The van der Waals surface area contributed by atoms with Crippen molar-refractivity contribution in [3.05, 3.63) is 22.4 Å². The normalized spacial score (nSPS) is 21.4. The third kappa shape index (κ3) is 6.21. The Balaban J connectivity index is 0.00000242. The molecule has 3 unspecified atom stereocenters. The van der Waals surface area contributed by atoms with E-state index in [1.165, 1.54) is 5.56 Å². The summed E-state index contributed by atoms with van der Waals surface area (Å²) in [4.78, 5) is 14.5. The van der Waals surface area contributed by atoms with Crippen LogP contribution in [0, 0.1) is 0 Å². The molecule has 2 rings (SSSR count). The molecule has 1 aliphatic heterocycles. The maximum absolute atomic E-state index is 12.2. The topological polar surface area (TPSA) is 64.6 Å². The van der Waals surface area contributed by atoms with Gasteiger partial charge in [-0.1, -0.05) is 13.8 Å². The van der Waals surface area contributed by atoms with Gasteiger partial charge in [0.15, 0.2) is 0 Å². The van der Waals surface area contributed by atoms with Crippen molar-refractivity contribution in [2.75, 3.05) is 26.2 Å². The maximum atomic E-state index is 12.2. The summed E-state index contributed by atoms with van der Waals surface area (Å²) in [6, 6.07) is 2.07. The molecule has 2 heterocycles. The van der Waals surface area contributed by atoms with Crippen molar-refractivity contribution in [2.24, 2.45) is 0 Å². The van der Waals surface area contributed by atoms with E-state index in [4.69, 9.17) is 0 Å². The highest BCUT2D eigenvalue weighted by Gasteiger charge is 2.28. The SMILES string of the molecule is CCN(CC)C(CNC(=O)C1CC(O)CN1)c1ccsc1.Cl.Cl. The summed E-state index contributed by atoms with van der Waals surface area (Å²) in [5.41, 5.74) is 1.25. The van der Waals surface area contributed by atoms with Gasteiger partial charge >= 0.3 is 0 Å². The Kier molecular flexibility index (Phi) is 11.1. The van der Waals surface area contributed by atoms with E-state index in [1.807, 2.05) is 0 Å². The van der Waals surface area contributed by atoms with Crippen LogP contribution in [0.25, 0.3) is 0 Å². The zero-order chi connectivity index (χ0) is 15.2. The first-order valence-corrected chi connectivity index (χ1v) is 8.55. The van der Waals surface area contributed by atoms with E-state index in [2.05, 4.69) is 46.2 Å². The lowest BCUT2D eigenvalue weighted by molar-refractivity contribution is -0.123. The van der Waals surface area contributed by atoms with Gasteiger partial charge in [-0.2, -0.15) is 11.3 Å². The summed E-state index contributed by atoms with van der Waals surface area (Å²) >= 11 is 1.68. The second-order valence-corrected chi connectivity index (χ2v) is 6.17. The molecule has 0 bridgehead atoms. The number of carbonyl (C=O) groups excluding carboxylic acids is 1. The number of nitrogens with zero attached hydrogens (tertiary/aromatic N) is 1. The summed E-state index contributed by atoms with van der Waals surface area (Å²) in [5, 5.41) is 19.8. The summed E-state index contributed by atoms with van der Waals surface area (Å²) in [7, 11) is 0. The molecule has 0 radical (unpaired) electrons. The second-order valence-electron chi connectivity index (χ2n) is 5.39. The van der Waals surface area contributed by atoms with Crippen molar-refractivity contribution >= 4 is 42.1 Å². The van der Waals surface area contributed by atoms with E-state index in [0.29, 0.717) is 19.5 Å². The molecule has 1 aliphatic rings. The van der Waals surface area contributed by atoms with Crippen LogP contribution in [0.15, 0.2) is 16.8 Å². The predicted molar refractivity (Wildman–Crippen MR) is 99.9 cm³/mol. The Bertz CT molecular complexity index is 444. The number of nitrogens with one attached hydrogen (secondary N) is 2. The molecule has 1 fully saturated rings. The molecule has 1 aromatic heterocycles. The standard InChI is InChI=1S/C15H25N3O2S.2ClH/c1-3-18(4-2)14(11-5-6-21-10-11)9-17-15(20)13-7-12(19)8-16-13;;/h5-6,10,12-14,16,19H,3-4,7-9H2,1-2H3,(H,17,20);2*1H. The fourth-order valence-corrected chi connectivity index (χ4v) is 3.53. The van der Waals surface area contributed by atoms with Crippen molar-refractivity contribution in [1.82, 2.24) is 15.5 Å². The number of thiophene rings is 1. The van der Waals surface area contributed by atoms with Crippen molar-refractivity contribution in [2.45, 2.75) is 38.5 Å². The molecule has 5 nitrogen and oxygen atoms in total. The minimum atomic E-state index is -0.406. The van der Waals surface area contributed by atoms with Crippen LogP contribution >= 0.6 is 36.2 Å². The van der Waals surface area contributed by atoms with Crippen LogP contribution < -0.4 is 10.6 Å². The number of halogens is 2. The number of hydrogen-bond donors (Lipinski definition) is 3. The maximum Gasteiger partial charge on any atom is 0.237 e. The Morgan fingerprint density at radius 3 is 2.65 bits per heavy atom. The van der Waals surface area contributed by atoms with Gasteiger partial charge in [-0.05, 0) is 41.9 Å². The molecule has 1 amide bonds. The molecular weight excluding hydrogens is 357 g/mol. The number of aliphatic hydroxyl groups excluding tert-OH is 1. The molecule has 134 valence electrons. The van der Waals surface area contributed by atoms with Crippen LogP contribution in [0.3, 0.4) is 0 Å². The molecule has 0 aromatic carbocycles. The van der Waals surface area contributed by atoms with Gasteiger partial charge < -0.3 is 15.7 Å². The van der Waals surface area contributed by atoms with E-state index in [0.717, 1.165) is 13.1 Å². The highest BCUT2D eigenvalue weighted by atomic mass is 35.5. The van der Waals surface area contributed by atoms with Crippen LogP contribution in [-0.4, -0.2) is 54.2 Å². The van der Waals surface area contributed by atoms with Crippen molar-refractivity contribution in [1.29, 1.82) is 0 Å². The van der Waals surface area contributed by atoms with Gasteiger partial charge in [-0.25, -0.2) is 0 Å². The van der Waals surface area contributed by atoms with Crippen LogP contribution in [0.4, 0.5) is 0 Å². The van der Waals surface area contributed by atoms with E-state index in [1.54, 1.807) is 11.3 Å². The molecule has 1 aromatic rings. The molecule has 0 aliphatic carbocycles. The van der Waals surface area contributed by atoms with Crippen LogP contribution in [0.1, 0.15) is 31.9 Å². The molecule has 8 heteroatoms. The number of carbonyl (C=O) groups is 1. The number of amides is 1. The van der Waals surface area contributed by atoms with Crippen LogP contribution in [-0.2, 0) is 4.79 Å². The summed E-state index contributed by atoms with van der Waals surface area (Å²) in [6.45, 7) is 7.29. The highest BCUT2D eigenvalue weighted by molar-refractivity contribution is 7.07. The van der Waals surface area contributed by atoms with E-state index in [9.17, 15) is 9.90 Å². The lowest BCUT2D eigenvalue weighted by Gasteiger charge is -2.29. The van der Waals surface area contributed by atoms with Crippen LogP contribution in [0.5, 0.6) is 0 Å². The first kappa shape index (κ1) is 22.6. The quantitative estimate of drug-likeness (QED) is 0.671. The number of likely N-dealkylation sites (N-methyl/N-ethyl adjacent to an activating group) is 1. The van der Waals surface area contributed by atoms with E-state index >= 15 is 0 Å². The number of aliphatic hydroxyl groups is 1. The zero-order valence-corrected chi connectivity index (χ0v) is 16.0. The van der Waals surface area contributed by atoms with Gasteiger partial charge in [0.05, 0.1) is 18.2 Å². The lowest BCUT2D eigenvalue weighted by Crippen LogP contribution is -2.44. The van der Waals surface area contributed by atoms with Gasteiger partial charge in [0.1, 0.15) is 0 Å². The Labute approximate surface area is 154 Å². The van der Waals surface area contributed by atoms with Gasteiger partial charge in [0, 0.05) is 13.1 Å². The van der Waals surface area contributed by atoms with Gasteiger partial charge in [0.25, 0.3) is 0 Å². The number of β-amino-alcohol motifs (C(OH)–C–C–N with tert-alkyl or cyclic N) is 1. The Morgan fingerprint density at radius 1 is 1.48 bits per heavy atom. The van der Waals surface area contributed by atoms with Crippen LogP contribution in [0.2, 0.25) is 0 Å². The van der Waals surface area contributed by atoms with E-state index < -0.39 is 6.10 Å². The Morgan fingerprint density at radius 2 is 2.17 bits per heavy atom. The van der Waals surface area contributed by atoms with Gasteiger partial charge in [-0.15, -0.1) is 24.8 Å². The fourth-order valence-electron chi connectivity index (χ4n) is 2.82. The van der Waals surface area contributed by atoms with Crippen molar-refractivity contribution in [3.63, 3.8) is 0 Å². The van der Waals surface area contributed by atoms with Crippen molar-refractivity contribution in [3.8, 4) is 0 Å². The Hall–Kier alpha value is -0.370. The molecule has 1 saturated heterocycles. The van der Waals surface area contributed by atoms with Gasteiger partial charge in [0.2, 0.25) is 5.91 Å². The summed E-state index contributed by atoms with van der Waals surface area (Å²) in [5.74, 6) is -0.0149. The molecular formula is C15H27Cl2N3O2S. The minimum absolute atomic E-state index is 0. The van der Waals surface area contributed by atoms with E-state index in [-0.39, 0.29) is 42.8 Å². The first-order chi connectivity index (χ1) is 10.2. The average Bonchev–Trinajstić information content (AvgIpc) is 3.14. The van der Waals surface area contributed by atoms with Crippen molar-refractivity contribution < 1.29 is 9.90 Å². The second kappa shape index (κ2) is 11.2. The fraction of sp³-hybridized carbons (Fsp3) is 0.667. The number of rotatable bonds is 7. The molecule has 3 atom stereocenters. The minimum Gasteiger partial charge on any atom is -0.392 e. The highest BCUT2D eigenvalue weighted by Crippen LogP contribution is 2.22. The predicted octanol–water partition coefficient (Wildman–Crippen LogP) is 1.81. The first-order valence-electron chi connectivity index (χ1n) is 7.61. The smallest absolute Gasteiger partial charge is 0.237 e. The molecule has 0 saturated carbocycles. The molecule has 23 heavy (non-hydrogen) atoms. The average molecular weight is 384 g/mol. The van der Waals surface area contributed by atoms with Gasteiger partial charge in [-0.3, -0.25) is 9.69 Å².